The minimum absolute atomic E-state index is 0.0993. The molecule has 0 saturated heterocycles. The fourth-order valence-corrected chi connectivity index (χ4v) is 6.64. The van der Waals surface area contributed by atoms with E-state index < -0.39 is 66.2 Å². The molecule has 1 unspecified atom stereocenters. The first-order valence-corrected chi connectivity index (χ1v) is 23.3. The summed E-state index contributed by atoms with van der Waals surface area (Å²) >= 11 is 0. The van der Waals surface area contributed by atoms with Crippen molar-refractivity contribution in [3.8, 4) is 0 Å². The van der Waals surface area contributed by atoms with E-state index in [1.807, 2.05) is 0 Å². The van der Waals surface area contributed by atoms with Crippen molar-refractivity contribution in [2.24, 2.45) is 0 Å². The molecule has 314 valence electrons. The van der Waals surface area contributed by atoms with Crippen molar-refractivity contribution in [3.63, 3.8) is 0 Å². The molecule has 0 saturated carbocycles. The van der Waals surface area contributed by atoms with Crippen LogP contribution in [0.5, 0.6) is 0 Å². The number of ether oxygens (including phenoxy) is 2. The second-order valence-electron chi connectivity index (χ2n) is 13.9. The van der Waals surface area contributed by atoms with Crippen LogP contribution in [0.2, 0.25) is 0 Å². The van der Waals surface area contributed by atoms with E-state index in [2.05, 4.69) is 35.0 Å². The Kier molecular flexibility index (Phi) is 34.5. The summed E-state index contributed by atoms with van der Waals surface area (Å²) in [6.45, 7) is 1.34. The zero-order chi connectivity index (χ0) is 39.5. The fraction of sp³-hybridized carbons (Fsp3) is 0.895. The van der Waals surface area contributed by atoms with Crippen LogP contribution in [0.25, 0.3) is 0 Å². The van der Waals surface area contributed by atoms with Crippen molar-refractivity contribution < 1.29 is 61.6 Å². The van der Waals surface area contributed by atoms with Crippen LogP contribution in [-0.2, 0) is 41.8 Å². The zero-order valence-electron chi connectivity index (χ0n) is 32.8. The lowest BCUT2D eigenvalue weighted by atomic mass is 10.0. The molecule has 0 radical (unpaired) electrons. The summed E-state index contributed by atoms with van der Waals surface area (Å²) in [4.78, 5) is 58.3. The summed E-state index contributed by atoms with van der Waals surface area (Å²) in [5.41, 5.74) is 0. The van der Waals surface area contributed by atoms with Gasteiger partial charge in [-0.25, -0.2) is 0 Å². The van der Waals surface area contributed by atoms with Gasteiger partial charge in [-0.3, -0.25) is 14.2 Å². The normalized spacial score (nSPS) is 14.3. The summed E-state index contributed by atoms with van der Waals surface area (Å²) in [5.74, 6) is -1.09. The number of phosphoric ester groups is 2. The van der Waals surface area contributed by atoms with E-state index in [1.54, 1.807) is 0 Å². The van der Waals surface area contributed by atoms with Gasteiger partial charge >= 0.3 is 11.9 Å². The fourth-order valence-electron chi connectivity index (χ4n) is 5.51. The van der Waals surface area contributed by atoms with Gasteiger partial charge in [0.25, 0.3) is 7.82 Å². The van der Waals surface area contributed by atoms with Crippen molar-refractivity contribution in [2.45, 2.75) is 193 Å². The quantitative estimate of drug-likeness (QED) is 0.0272. The van der Waals surface area contributed by atoms with Gasteiger partial charge in [-0.15, -0.1) is 0 Å². The van der Waals surface area contributed by atoms with Crippen molar-refractivity contribution in [1.82, 2.24) is 0 Å². The summed E-state index contributed by atoms with van der Waals surface area (Å²) < 4.78 is 46.7. The van der Waals surface area contributed by atoms with Crippen LogP contribution in [0.15, 0.2) is 12.2 Å². The van der Waals surface area contributed by atoms with Gasteiger partial charge in [0.15, 0.2) is 6.10 Å². The van der Waals surface area contributed by atoms with Gasteiger partial charge in [0, 0.05) is 12.8 Å². The van der Waals surface area contributed by atoms with Gasteiger partial charge in [0.1, 0.15) is 12.7 Å². The molecule has 0 aliphatic heterocycles. The van der Waals surface area contributed by atoms with Crippen LogP contribution in [0.3, 0.4) is 0 Å². The van der Waals surface area contributed by atoms with Gasteiger partial charge in [-0.2, -0.15) is 0 Å². The molecule has 0 spiro atoms. The third-order valence-corrected chi connectivity index (χ3v) is 10.0. The third kappa shape index (κ3) is 38.9. The molecule has 0 rings (SSSR count). The van der Waals surface area contributed by atoms with Crippen molar-refractivity contribution >= 4 is 27.6 Å². The van der Waals surface area contributed by atoms with Crippen LogP contribution in [0.4, 0.5) is 0 Å². The Labute approximate surface area is 320 Å². The number of aliphatic hydroxyl groups excluding tert-OH is 1. The lowest BCUT2D eigenvalue weighted by Gasteiger charge is -2.30. The number of carbonyl (C=O) groups excluding carboxylic acids is 2. The van der Waals surface area contributed by atoms with Crippen LogP contribution in [0.1, 0.15) is 181 Å². The molecule has 0 aromatic rings. The minimum Gasteiger partial charge on any atom is -0.790 e. The van der Waals surface area contributed by atoms with E-state index in [4.69, 9.17) is 14.0 Å². The van der Waals surface area contributed by atoms with E-state index in [1.165, 1.54) is 83.5 Å². The molecule has 53 heavy (non-hydrogen) atoms. The number of hydrogen-bond acceptors (Lipinski definition) is 13. The van der Waals surface area contributed by atoms with Crippen LogP contribution in [-0.4, -0.2) is 55.7 Å². The zero-order valence-corrected chi connectivity index (χ0v) is 34.6. The van der Waals surface area contributed by atoms with Gasteiger partial charge < -0.3 is 47.4 Å². The van der Waals surface area contributed by atoms with Gasteiger partial charge in [-0.05, 0) is 38.5 Å². The first-order valence-electron chi connectivity index (χ1n) is 20.3. The van der Waals surface area contributed by atoms with Crippen LogP contribution >= 0.6 is 15.6 Å². The molecule has 1 N–H and O–H groups in total. The van der Waals surface area contributed by atoms with Crippen molar-refractivity contribution in [2.75, 3.05) is 26.4 Å². The molecule has 0 aromatic carbocycles. The largest absolute Gasteiger partial charge is 0.790 e. The summed E-state index contributed by atoms with van der Waals surface area (Å²) in [5, 5.41) is 9.63. The van der Waals surface area contributed by atoms with E-state index in [0.717, 1.165) is 57.8 Å². The number of aliphatic hydroxyl groups is 1. The summed E-state index contributed by atoms with van der Waals surface area (Å²) in [6, 6.07) is 0. The Morgan fingerprint density at radius 2 is 0.943 bits per heavy atom. The Balaban J connectivity index is 4.55. The lowest BCUT2D eigenvalue weighted by molar-refractivity contribution is -0.342. The highest BCUT2D eigenvalue weighted by Crippen LogP contribution is 2.38. The van der Waals surface area contributed by atoms with Crippen molar-refractivity contribution in [1.29, 1.82) is 0 Å². The van der Waals surface area contributed by atoms with Gasteiger partial charge in [0.2, 0.25) is 0 Å². The number of hydrogen-bond donors (Lipinski definition) is 1. The molecule has 13 nitrogen and oxygen atoms in total. The minimum atomic E-state index is -5.37. The second kappa shape index (κ2) is 35.3. The van der Waals surface area contributed by atoms with E-state index >= 15 is 0 Å². The molecule has 0 heterocycles. The predicted molar refractivity (Wildman–Crippen MR) is 200 cm³/mol. The predicted octanol–water partition coefficient (Wildman–Crippen LogP) is 7.89. The smallest absolute Gasteiger partial charge is 0.306 e. The highest BCUT2D eigenvalue weighted by Gasteiger charge is 2.22. The summed E-state index contributed by atoms with van der Waals surface area (Å²) in [6.07, 6.45) is 28.7. The molecular weight excluding hydrogens is 726 g/mol. The second-order valence-corrected chi connectivity index (χ2v) is 16.4. The Hall–Kier alpha value is -1.14. The average Bonchev–Trinajstić information content (AvgIpc) is 3.11. The maximum absolute atomic E-state index is 12.6. The first-order chi connectivity index (χ1) is 25.4. The lowest BCUT2D eigenvalue weighted by Crippen LogP contribution is -2.31. The molecule has 0 bridgehead atoms. The highest BCUT2D eigenvalue weighted by atomic mass is 31.2. The number of allylic oxidation sites excluding steroid dienone is 2. The van der Waals surface area contributed by atoms with Crippen LogP contribution < -0.4 is 14.7 Å². The number of esters is 2. The standard InChI is InChI=1S/C38H74O13P2/c1-3-5-7-9-11-13-15-17-19-21-23-25-27-29-37(40)47-33-36(34-50-53(45,46)49-32-35(39)31-48-52(42,43)44)51-38(41)30-28-26-24-22-20-18-16-14-12-10-8-6-4-2/h14,16,35-36,39H,3-13,15,17-34H2,1-2H3,(H,45,46)(H2,42,43,44)/p-3/b16-14-/t35-,36+/m0/s1. The Morgan fingerprint density at radius 3 is 1.43 bits per heavy atom. The molecule has 0 aliphatic rings. The van der Waals surface area contributed by atoms with Gasteiger partial charge in [-0.1, -0.05) is 142 Å². The number of unbranched alkanes of at least 4 members (excludes halogenated alkanes) is 21. The average molecular weight is 798 g/mol. The maximum Gasteiger partial charge on any atom is 0.306 e. The van der Waals surface area contributed by atoms with E-state index in [-0.39, 0.29) is 12.8 Å². The number of carbonyl (C=O) groups is 2. The Bertz CT molecular complexity index is 1000. The molecule has 3 atom stereocenters. The molecular formula is C38H71O13P2-3. The molecule has 0 aromatic heterocycles. The molecule has 0 fully saturated rings. The molecule has 0 aliphatic carbocycles. The topological polar surface area (TPSA) is 204 Å². The molecule has 0 amide bonds. The van der Waals surface area contributed by atoms with Crippen LogP contribution in [0, 0.1) is 0 Å². The van der Waals surface area contributed by atoms with E-state index in [0.29, 0.717) is 12.8 Å². The van der Waals surface area contributed by atoms with Crippen molar-refractivity contribution in [3.05, 3.63) is 12.2 Å². The SMILES string of the molecule is CCCCCC/C=C\CCCCCCCC(=O)O[C@H](COC(=O)CCCCCCCCCCCCCCC)COP(=O)([O-])OC[C@@H](O)COP(=O)([O-])[O-]. The highest BCUT2D eigenvalue weighted by molar-refractivity contribution is 7.45. The number of phosphoric acid groups is 2. The molecule has 15 heteroatoms. The monoisotopic (exact) mass is 797 g/mol. The summed E-state index contributed by atoms with van der Waals surface area (Å²) in [7, 11) is -10.4. The number of rotatable bonds is 39. The van der Waals surface area contributed by atoms with E-state index in [9.17, 15) is 38.5 Å². The maximum atomic E-state index is 12.6. The first kappa shape index (κ1) is 51.9. The third-order valence-electron chi connectivity index (χ3n) is 8.62. The Morgan fingerprint density at radius 1 is 0.547 bits per heavy atom. The van der Waals surface area contributed by atoms with Gasteiger partial charge in [0.05, 0.1) is 27.6 Å².